The molecule has 2 aromatic rings. The Morgan fingerprint density at radius 1 is 1.10 bits per heavy atom. The van der Waals surface area contributed by atoms with Gasteiger partial charge in [-0.25, -0.2) is 9.65 Å². The zero-order chi connectivity index (χ0) is 14.9. The smallest absolute Gasteiger partial charge is 0.405 e. The third-order valence-electron chi connectivity index (χ3n) is 3.52. The quantitative estimate of drug-likeness (QED) is 0.847. The second-order valence-electron chi connectivity index (χ2n) is 5.71. The molecule has 0 saturated heterocycles. The summed E-state index contributed by atoms with van der Waals surface area (Å²) in [6.07, 6.45) is 0. The fourth-order valence-corrected chi connectivity index (χ4v) is 3.90. The Bertz CT molecular complexity index is 685. The first kappa shape index (κ1) is 14.2. The molecule has 0 aliphatic carbocycles. The van der Waals surface area contributed by atoms with Crippen LogP contribution in [0.25, 0.3) is 0 Å². The van der Waals surface area contributed by atoms with Crippen molar-refractivity contribution in [1.29, 1.82) is 0 Å². The van der Waals surface area contributed by atoms with Crippen LogP contribution in [0.15, 0.2) is 54.6 Å². The van der Waals surface area contributed by atoms with Gasteiger partial charge in [0.25, 0.3) is 0 Å². The summed E-state index contributed by atoms with van der Waals surface area (Å²) in [6, 6.07) is 16.7. The topological polar surface area (TPSA) is 47.6 Å². The Morgan fingerprint density at radius 3 is 2.52 bits per heavy atom. The van der Waals surface area contributed by atoms with Crippen molar-refractivity contribution in [2.75, 3.05) is 6.54 Å². The second kappa shape index (κ2) is 5.21. The number of rotatable bonds is 2. The average molecular weight is 303 g/mol. The lowest BCUT2D eigenvalue weighted by molar-refractivity contribution is 0.374. The monoisotopic (exact) mass is 303 g/mol. The Balaban J connectivity index is 1.95. The molecule has 3 rings (SSSR count). The Labute approximate surface area is 124 Å². The predicted molar refractivity (Wildman–Crippen MR) is 82.8 cm³/mol. The zero-order valence-corrected chi connectivity index (χ0v) is 13.0. The van der Waals surface area contributed by atoms with Gasteiger partial charge in [0, 0.05) is 17.5 Å². The van der Waals surface area contributed by atoms with Gasteiger partial charge in [-0.15, -0.1) is 0 Å². The number of fused-ring (bicyclic) bond motifs is 1. The molecule has 0 radical (unpaired) electrons. The van der Waals surface area contributed by atoms with Gasteiger partial charge in [0.15, 0.2) is 0 Å². The van der Waals surface area contributed by atoms with Gasteiger partial charge in [0.05, 0.1) is 0 Å². The van der Waals surface area contributed by atoms with Gasteiger partial charge in [0.2, 0.25) is 0 Å². The zero-order valence-electron chi connectivity index (χ0n) is 12.1. The van der Waals surface area contributed by atoms with Gasteiger partial charge in [-0.3, -0.25) is 0 Å². The van der Waals surface area contributed by atoms with E-state index in [0.717, 1.165) is 5.56 Å². The molecular weight excluding hydrogens is 285 g/mol. The molecule has 1 aliphatic rings. The Hall–Kier alpha value is -1.77. The van der Waals surface area contributed by atoms with Crippen LogP contribution in [0.4, 0.5) is 0 Å². The number of hydrogen-bond donors (Lipinski definition) is 1. The van der Waals surface area contributed by atoms with Crippen LogP contribution in [0.5, 0.6) is 11.5 Å². The second-order valence-corrected chi connectivity index (χ2v) is 7.38. The summed E-state index contributed by atoms with van der Waals surface area (Å²) in [5, 5.41) is 2.95. The molecule has 21 heavy (non-hydrogen) atoms. The molecular formula is C16H18NO3P. The highest BCUT2D eigenvalue weighted by Crippen LogP contribution is 2.50. The van der Waals surface area contributed by atoms with E-state index in [4.69, 9.17) is 9.05 Å². The van der Waals surface area contributed by atoms with Crippen LogP contribution in [-0.4, -0.2) is 6.54 Å². The first-order valence-corrected chi connectivity index (χ1v) is 8.42. The van der Waals surface area contributed by atoms with Crippen LogP contribution >= 0.6 is 7.75 Å². The molecule has 1 aliphatic heterocycles. The summed E-state index contributed by atoms with van der Waals surface area (Å²) in [5.41, 5.74) is 0.829. The van der Waals surface area contributed by atoms with E-state index in [-0.39, 0.29) is 5.41 Å². The van der Waals surface area contributed by atoms with Crippen LogP contribution in [-0.2, 0) is 9.98 Å². The number of benzene rings is 2. The fourth-order valence-electron chi connectivity index (χ4n) is 2.33. The summed E-state index contributed by atoms with van der Waals surface area (Å²) in [7, 11) is -3.44. The first-order valence-electron chi connectivity index (χ1n) is 6.87. The summed E-state index contributed by atoms with van der Waals surface area (Å²) in [6.45, 7) is 4.68. The summed E-state index contributed by atoms with van der Waals surface area (Å²) in [4.78, 5) is 0. The van der Waals surface area contributed by atoms with Crippen LogP contribution in [0.1, 0.15) is 19.4 Å². The van der Waals surface area contributed by atoms with Crippen molar-refractivity contribution in [3.63, 3.8) is 0 Å². The van der Waals surface area contributed by atoms with E-state index in [2.05, 4.69) is 18.9 Å². The van der Waals surface area contributed by atoms with Crippen LogP contribution in [0, 0.1) is 0 Å². The maximum Gasteiger partial charge on any atom is 0.512 e. The predicted octanol–water partition coefficient (Wildman–Crippen LogP) is 4.13. The molecule has 5 heteroatoms. The minimum absolute atomic E-state index is 0.192. The normalized spacial score (nSPS) is 23.5. The minimum Gasteiger partial charge on any atom is -0.405 e. The largest absolute Gasteiger partial charge is 0.512 e. The van der Waals surface area contributed by atoms with Crippen molar-refractivity contribution in [2.24, 2.45) is 0 Å². The van der Waals surface area contributed by atoms with Crippen molar-refractivity contribution >= 4 is 7.75 Å². The summed E-state index contributed by atoms with van der Waals surface area (Å²) >= 11 is 0. The van der Waals surface area contributed by atoms with Crippen LogP contribution in [0.2, 0.25) is 0 Å². The van der Waals surface area contributed by atoms with E-state index in [0.29, 0.717) is 18.0 Å². The van der Waals surface area contributed by atoms with E-state index in [1.165, 1.54) is 0 Å². The van der Waals surface area contributed by atoms with E-state index < -0.39 is 7.75 Å². The van der Waals surface area contributed by atoms with Gasteiger partial charge in [-0.05, 0) is 18.2 Å². The lowest BCUT2D eigenvalue weighted by Gasteiger charge is -2.23. The number of para-hydroxylation sites is 2. The fraction of sp³-hybridized carbons (Fsp3) is 0.250. The molecule has 0 fully saturated rings. The standard InChI is InChI=1S/C16H18NO3P/c1-16(2)12-17-21(18,19-13-8-4-3-5-9-13)20-15-11-7-6-10-14(15)16/h3-11H,12H2,1-2H3,(H,17,18). The Morgan fingerprint density at radius 2 is 1.76 bits per heavy atom. The van der Waals surface area contributed by atoms with Gasteiger partial charge in [0.1, 0.15) is 11.5 Å². The molecule has 1 heterocycles. The highest BCUT2D eigenvalue weighted by molar-refractivity contribution is 7.52. The van der Waals surface area contributed by atoms with E-state index in [1.807, 2.05) is 42.5 Å². The maximum absolute atomic E-state index is 12.9. The van der Waals surface area contributed by atoms with Crippen molar-refractivity contribution in [1.82, 2.24) is 5.09 Å². The van der Waals surface area contributed by atoms with Gasteiger partial charge in [-0.2, -0.15) is 0 Å². The van der Waals surface area contributed by atoms with E-state index >= 15 is 0 Å². The van der Waals surface area contributed by atoms with E-state index in [1.54, 1.807) is 12.1 Å². The highest BCUT2D eigenvalue weighted by Gasteiger charge is 2.38. The molecule has 0 spiro atoms. The number of nitrogens with one attached hydrogen (secondary N) is 1. The number of hydrogen-bond acceptors (Lipinski definition) is 3. The third kappa shape index (κ3) is 2.97. The maximum atomic E-state index is 12.9. The molecule has 1 atom stereocenters. The van der Waals surface area contributed by atoms with Gasteiger partial charge >= 0.3 is 7.75 Å². The molecule has 0 bridgehead atoms. The van der Waals surface area contributed by atoms with Crippen LogP contribution in [0.3, 0.4) is 0 Å². The van der Waals surface area contributed by atoms with Crippen LogP contribution < -0.4 is 14.1 Å². The molecule has 2 aromatic carbocycles. The van der Waals surface area contributed by atoms with Crippen molar-refractivity contribution in [3.05, 3.63) is 60.2 Å². The van der Waals surface area contributed by atoms with Crippen molar-refractivity contribution in [3.8, 4) is 11.5 Å². The molecule has 0 saturated carbocycles. The highest BCUT2D eigenvalue weighted by atomic mass is 31.2. The minimum atomic E-state index is -3.44. The molecule has 1 unspecified atom stereocenters. The molecule has 110 valence electrons. The third-order valence-corrected chi connectivity index (χ3v) is 4.95. The van der Waals surface area contributed by atoms with Gasteiger partial charge in [-0.1, -0.05) is 50.2 Å². The first-order chi connectivity index (χ1) is 9.99. The lowest BCUT2D eigenvalue weighted by atomic mass is 9.84. The molecule has 1 N–H and O–H groups in total. The summed E-state index contributed by atoms with van der Waals surface area (Å²) in [5.74, 6) is 1.12. The molecule has 0 aromatic heterocycles. The van der Waals surface area contributed by atoms with E-state index in [9.17, 15) is 4.57 Å². The lowest BCUT2D eigenvalue weighted by Crippen LogP contribution is -2.30. The SMILES string of the molecule is CC1(C)CNP(=O)(Oc2ccccc2)Oc2ccccc21. The Kier molecular flexibility index (Phi) is 3.52. The van der Waals surface area contributed by atoms with Crippen molar-refractivity contribution < 1.29 is 13.6 Å². The molecule has 4 nitrogen and oxygen atoms in total. The summed E-state index contributed by atoms with van der Waals surface area (Å²) < 4.78 is 24.2. The van der Waals surface area contributed by atoms with Crippen molar-refractivity contribution in [2.45, 2.75) is 19.3 Å². The molecule has 0 amide bonds. The average Bonchev–Trinajstić information content (AvgIpc) is 2.56. The van der Waals surface area contributed by atoms with Gasteiger partial charge < -0.3 is 9.05 Å².